The van der Waals surface area contributed by atoms with Gasteiger partial charge in [-0.05, 0) is 48.9 Å². The minimum Gasteiger partial charge on any atom is -0.495 e. The number of nitrogens with one attached hydrogen (secondary N) is 2. The number of nitrogens with zero attached hydrogens (tertiary/aromatic N) is 4. The normalized spacial score (nSPS) is 10.3. The van der Waals surface area contributed by atoms with Gasteiger partial charge in [0, 0.05) is 23.1 Å². The molecular formula is C23H21FN6O4. The zero-order chi connectivity index (χ0) is 24.3. The monoisotopic (exact) mass is 464 g/mol. The fourth-order valence-corrected chi connectivity index (χ4v) is 2.73. The number of halogens is 1. The van der Waals surface area contributed by atoms with Crippen molar-refractivity contribution >= 4 is 17.9 Å². The predicted molar refractivity (Wildman–Crippen MR) is 120 cm³/mol. The van der Waals surface area contributed by atoms with Crippen LogP contribution in [-0.2, 0) is 4.79 Å². The molecule has 0 fully saturated rings. The van der Waals surface area contributed by atoms with Gasteiger partial charge in [0.1, 0.15) is 17.8 Å². The summed E-state index contributed by atoms with van der Waals surface area (Å²) in [6.45, 7) is 1.89. The third-order valence-electron chi connectivity index (χ3n) is 4.29. The third-order valence-corrected chi connectivity index (χ3v) is 4.29. The Morgan fingerprint density at radius 2 is 2.03 bits per heavy atom. The highest BCUT2D eigenvalue weighted by Crippen LogP contribution is 2.25. The molecule has 2 heterocycles. The smallest absolute Gasteiger partial charge is 0.269 e. The van der Waals surface area contributed by atoms with Crippen LogP contribution in [0.15, 0.2) is 78.0 Å². The lowest BCUT2D eigenvalue weighted by molar-refractivity contribution is -0.117. The molecule has 0 atom stereocenters. The molecule has 174 valence electrons. The summed E-state index contributed by atoms with van der Waals surface area (Å²) in [6.07, 6.45) is 9.29. The average Bonchev–Trinajstić information content (AvgIpc) is 3.56. The van der Waals surface area contributed by atoms with E-state index in [1.165, 1.54) is 36.7 Å². The molecule has 2 N–H and O–H groups in total. The van der Waals surface area contributed by atoms with Gasteiger partial charge < -0.3 is 13.8 Å². The fourth-order valence-electron chi connectivity index (χ4n) is 2.73. The molecule has 0 aliphatic heterocycles. The zero-order valence-electron chi connectivity index (χ0n) is 18.3. The fraction of sp³-hybridized carbons (Fsp3) is 0.0870. The number of rotatable bonds is 5. The van der Waals surface area contributed by atoms with Crippen molar-refractivity contribution in [2.24, 2.45) is 0 Å². The minimum atomic E-state index is -0.618. The summed E-state index contributed by atoms with van der Waals surface area (Å²) in [5.41, 5.74) is 7.01. The van der Waals surface area contributed by atoms with Crippen LogP contribution in [0.1, 0.15) is 21.6 Å². The maximum Gasteiger partial charge on any atom is 0.269 e. The maximum atomic E-state index is 13.1. The lowest BCUT2D eigenvalue weighted by atomic mass is 10.1. The Kier molecular flexibility index (Phi) is 8.22. The van der Waals surface area contributed by atoms with Crippen LogP contribution in [-0.4, -0.2) is 38.8 Å². The average molecular weight is 464 g/mol. The molecule has 0 aliphatic carbocycles. The molecule has 0 saturated heterocycles. The van der Waals surface area contributed by atoms with Crippen LogP contribution in [0.3, 0.4) is 0 Å². The van der Waals surface area contributed by atoms with Crippen molar-refractivity contribution in [2.75, 3.05) is 7.11 Å². The Morgan fingerprint density at radius 3 is 2.65 bits per heavy atom. The van der Waals surface area contributed by atoms with E-state index in [0.29, 0.717) is 5.75 Å². The number of hydrazine groups is 1. The van der Waals surface area contributed by atoms with Crippen molar-refractivity contribution in [2.45, 2.75) is 6.92 Å². The van der Waals surface area contributed by atoms with E-state index in [9.17, 15) is 14.0 Å². The van der Waals surface area contributed by atoms with E-state index in [0.717, 1.165) is 23.0 Å². The highest BCUT2D eigenvalue weighted by atomic mass is 19.1. The summed E-state index contributed by atoms with van der Waals surface area (Å²) >= 11 is 0. The first kappa shape index (κ1) is 23.9. The Bertz CT molecular complexity index is 1250. The van der Waals surface area contributed by atoms with Crippen molar-refractivity contribution in [1.29, 1.82) is 0 Å². The van der Waals surface area contributed by atoms with Gasteiger partial charge in [-0.15, -0.1) is 5.10 Å². The van der Waals surface area contributed by atoms with E-state index in [-0.39, 0.29) is 5.56 Å². The van der Waals surface area contributed by atoms with E-state index < -0.39 is 17.6 Å². The quantitative estimate of drug-likeness (QED) is 0.344. The van der Waals surface area contributed by atoms with Crippen molar-refractivity contribution in [3.8, 4) is 11.4 Å². The lowest BCUT2D eigenvalue weighted by Crippen LogP contribution is -2.40. The SMILES string of the molecule is COc1cc(/C=C/C(=O)NNC(=O)c2cccc(F)c2)ccc1-n1cnc(C)c1.c1conn1. The summed E-state index contributed by atoms with van der Waals surface area (Å²) in [7, 11) is 1.56. The first-order valence-electron chi connectivity index (χ1n) is 9.90. The summed E-state index contributed by atoms with van der Waals surface area (Å²) in [5.74, 6) is -1.08. The first-order chi connectivity index (χ1) is 16.5. The maximum absolute atomic E-state index is 13.1. The molecule has 0 radical (unpaired) electrons. The molecule has 0 bridgehead atoms. The zero-order valence-corrected chi connectivity index (χ0v) is 18.3. The molecule has 0 saturated carbocycles. The van der Waals surface area contributed by atoms with Gasteiger partial charge in [-0.3, -0.25) is 20.4 Å². The highest BCUT2D eigenvalue weighted by molar-refractivity contribution is 5.97. The molecule has 34 heavy (non-hydrogen) atoms. The number of amides is 2. The second-order valence-electron chi connectivity index (χ2n) is 6.73. The Hall–Kier alpha value is -4.80. The van der Waals surface area contributed by atoms with E-state index in [1.54, 1.807) is 25.6 Å². The van der Waals surface area contributed by atoms with Gasteiger partial charge in [-0.1, -0.05) is 12.1 Å². The number of hydrogen-bond donors (Lipinski definition) is 2. The van der Waals surface area contributed by atoms with Gasteiger partial charge >= 0.3 is 0 Å². The number of methoxy groups -OCH3 is 1. The van der Waals surface area contributed by atoms with Crippen molar-refractivity contribution in [3.05, 3.63) is 96.2 Å². The van der Waals surface area contributed by atoms with Crippen LogP contribution in [0.4, 0.5) is 4.39 Å². The van der Waals surface area contributed by atoms with E-state index in [4.69, 9.17) is 4.74 Å². The molecular weight excluding hydrogens is 443 g/mol. The highest BCUT2D eigenvalue weighted by Gasteiger charge is 2.08. The second-order valence-corrected chi connectivity index (χ2v) is 6.73. The lowest BCUT2D eigenvalue weighted by Gasteiger charge is -2.10. The van der Waals surface area contributed by atoms with Crippen molar-refractivity contribution in [1.82, 2.24) is 30.8 Å². The van der Waals surface area contributed by atoms with Gasteiger partial charge in [-0.2, -0.15) is 0 Å². The Labute approximate surface area is 194 Å². The van der Waals surface area contributed by atoms with Crippen LogP contribution >= 0.6 is 0 Å². The third kappa shape index (κ3) is 6.85. The van der Waals surface area contributed by atoms with Gasteiger partial charge in [0.25, 0.3) is 11.8 Å². The van der Waals surface area contributed by atoms with Crippen LogP contribution < -0.4 is 15.6 Å². The van der Waals surface area contributed by atoms with E-state index in [2.05, 4.69) is 30.7 Å². The minimum absolute atomic E-state index is 0.101. The topological polar surface area (TPSA) is 124 Å². The number of imidazole rings is 1. The van der Waals surface area contributed by atoms with Crippen LogP contribution in [0, 0.1) is 12.7 Å². The van der Waals surface area contributed by atoms with Crippen molar-refractivity contribution < 1.29 is 23.2 Å². The van der Waals surface area contributed by atoms with Gasteiger partial charge in [0.05, 0.1) is 31.0 Å². The van der Waals surface area contributed by atoms with E-state index in [1.807, 2.05) is 29.8 Å². The Balaban J connectivity index is 0.000000574. The number of hydrogen-bond acceptors (Lipinski definition) is 7. The van der Waals surface area contributed by atoms with Crippen LogP contribution in [0.2, 0.25) is 0 Å². The summed E-state index contributed by atoms with van der Waals surface area (Å²) in [5, 5.41) is 6.40. The molecule has 10 nitrogen and oxygen atoms in total. The molecule has 0 unspecified atom stereocenters. The summed E-state index contributed by atoms with van der Waals surface area (Å²) < 4.78 is 24.6. The largest absolute Gasteiger partial charge is 0.495 e. The van der Waals surface area contributed by atoms with Crippen LogP contribution in [0.5, 0.6) is 5.75 Å². The Morgan fingerprint density at radius 1 is 1.18 bits per heavy atom. The molecule has 4 aromatic rings. The van der Waals surface area contributed by atoms with Crippen molar-refractivity contribution in [3.63, 3.8) is 0 Å². The standard InChI is InChI=1S/C21H19FN4O3.C2H2N2O/c1-14-12-26(13-23-14)18-8-6-15(10-19(18)29-2)7-9-20(27)24-25-21(28)16-4-3-5-17(22)11-16;1-2-5-4-3-1/h3-13H,1-2H3,(H,24,27)(H,25,28);1-2H/b9-7+;. The number of carbonyl (C=O) groups excluding carboxylic acids is 2. The number of benzene rings is 2. The van der Waals surface area contributed by atoms with Gasteiger partial charge in [0.2, 0.25) is 0 Å². The number of ether oxygens (including phenoxy) is 1. The molecule has 0 aliphatic rings. The van der Waals surface area contributed by atoms with E-state index >= 15 is 0 Å². The molecule has 0 spiro atoms. The summed E-state index contributed by atoms with van der Waals surface area (Å²) in [4.78, 5) is 28.0. The molecule has 4 rings (SSSR count). The predicted octanol–water partition coefficient (Wildman–Crippen LogP) is 2.87. The number of carbonyl (C=O) groups is 2. The molecule has 2 amide bonds. The molecule has 11 heteroatoms. The molecule has 2 aromatic heterocycles. The van der Waals surface area contributed by atoms with Gasteiger partial charge in [-0.25, -0.2) is 9.37 Å². The number of aromatic nitrogens is 4. The van der Waals surface area contributed by atoms with Gasteiger partial charge in [0.15, 0.2) is 0 Å². The summed E-state index contributed by atoms with van der Waals surface area (Å²) in [6, 6.07) is 10.6. The molecule has 2 aromatic carbocycles. The first-order valence-corrected chi connectivity index (χ1v) is 9.90. The second kappa shape index (κ2) is 11.7. The number of aryl methyl sites for hydroxylation is 1. The van der Waals surface area contributed by atoms with Crippen LogP contribution in [0.25, 0.3) is 11.8 Å².